The van der Waals surface area contributed by atoms with Gasteiger partial charge in [0.05, 0.1) is 6.20 Å². The zero-order valence-corrected chi connectivity index (χ0v) is 25.9. The third-order valence-corrected chi connectivity index (χ3v) is 6.36. The van der Waals surface area contributed by atoms with Crippen molar-refractivity contribution in [2.45, 2.75) is 93.6 Å². The first kappa shape index (κ1) is 34.6. The van der Waals surface area contributed by atoms with E-state index in [2.05, 4.69) is 66.1 Å². The molecular formula is C30H49N7O3. The number of H-pyrrole nitrogens is 1. The van der Waals surface area contributed by atoms with Crippen molar-refractivity contribution in [2.24, 2.45) is 18.4 Å². The summed E-state index contributed by atoms with van der Waals surface area (Å²) >= 11 is 0. The predicted octanol–water partition coefficient (Wildman–Crippen LogP) is 6.95. The van der Waals surface area contributed by atoms with E-state index in [0.717, 1.165) is 43.6 Å². The van der Waals surface area contributed by atoms with Crippen molar-refractivity contribution in [3.63, 3.8) is 0 Å². The lowest BCUT2D eigenvalue weighted by Gasteiger charge is -2.33. The van der Waals surface area contributed by atoms with E-state index in [-0.39, 0.29) is 11.5 Å². The largest absolute Gasteiger partial charge is 0.471 e. The number of hydrogen-bond acceptors (Lipinski definition) is 8. The maximum atomic E-state index is 9.04. The number of carbonyl (C=O) groups excluding carboxylic acids is 1. The number of nitriles is 1. The van der Waals surface area contributed by atoms with Crippen LogP contribution in [0.3, 0.4) is 0 Å². The van der Waals surface area contributed by atoms with Gasteiger partial charge in [-0.15, -0.1) is 5.10 Å². The van der Waals surface area contributed by atoms with Crippen LogP contribution in [0.15, 0.2) is 18.5 Å². The minimum atomic E-state index is 0.0485. The number of hydrogen-bond donors (Lipinski definition) is 2. The Bertz CT molecular complexity index is 1170. The topological polar surface area (TPSA) is 131 Å². The van der Waals surface area contributed by atoms with E-state index in [9.17, 15) is 0 Å². The fraction of sp³-hybridized carbons (Fsp3) is 0.633. The molecule has 10 heteroatoms. The normalized spacial score (nSPS) is 14.8. The highest BCUT2D eigenvalue weighted by molar-refractivity contribution is 5.78. The molecule has 3 aromatic rings. The Kier molecular flexibility index (Phi) is 15.6. The van der Waals surface area contributed by atoms with Crippen LogP contribution in [0.25, 0.3) is 11.0 Å². The smallest absolute Gasteiger partial charge is 0.257 e. The molecule has 4 rings (SSSR count). The number of unbranched alkanes of at least 4 members (excludes halogenated alkanes) is 1. The molecule has 2 atom stereocenters. The first-order chi connectivity index (χ1) is 19.2. The van der Waals surface area contributed by atoms with Gasteiger partial charge >= 0.3 is 0 Å². The molecule has 4 heterocycles. The molecule has 1 saturated heterocycles. The predicted molar refractivity (Wildman–Crippen MR) is 161 cm³/mol. The number of aromatic amines is 1. The third-order valence-electron chi connectivity index (χ3n) is 6.36. The van der Waals surface area contributed by atoms with Gasteiger partial charge in [-0.25, -0.2) is 4.98 Å². The van der Waals surface area contributed by atoms with Gasteiger partial charge in [0, 0.05) is 37.3 Å². The van der Waals surface area contributed by atoms with Gasteiger partial charge in [-0.3, -0.25) is 4.68 Å². The molecule has 0 bridgehead atoms. The Labute approximate surface area is 239 Å². The molecule has 222 valence electrons. The number of fused-ring (bicyclic) bond motifs is 1. The van der Waals surface area contributed by atoms with Crippen LogP contribution in [0.1, 0.15) is 93.2 Å². The second-order valence-corrected chi connectivity index (χ2v) is 10.3. The quantitative estimate of drug-likeness (QED) is 0.271. The van der Waals surface area contributed by atoms with E-state index >= 15 is 0 Å². The maximum absolute atomic E-state index is 9.04. The summed E-state index contributed by atoms with van der Waals surface area (Å²) in [6, 6.07) is 3.80. The number of aromatic nitrogens is 5. The van der Waals surface area contributed by atoms with Crippen molar-refractivity contribution in [3.05, 3.63) is 24.2 Å². The molecule has 1 aliphatic rings. The van der Waals surface area contributed by atoms with E-state index in [4.69, 9.17) is 19.5 Å². The summed E-state index contributed by atoms with van der Waals surface area (Å²) in [6.45, 7) is 18.5. The average molecular weight is 556 g/mol. The van der Waals surface area contributed by atoms with Gasteiger partial charge in [-0.2, -0.15) is 10.2 Å². The lowest BCUT2D eigenvalue weighted by Crippen LogP contribution is -2.34. The Hall–Kier alpha value is -3.45. The van der Waals surface area contributed by atoms with Crippen LogP contribution in [-0.4, -0.2) is 50.3 Å². The molecule has 1 aliphatic heterocycles. The first-order valence-corrected chi connectivity index (χ1v) is 14.4. The molecule has 10 nitrogen and oxygen atoms in total. The van der Waals surface area contributed by atoms with E-state index in [1.54, 1.807) is 16.9 Å². The Morgan fingerprint density at radius 3 is 2.60 bits per heavy atom. The van der Waals surface area contributed by atoms with Crippen LogP contribution >= 0.6 is 0 Å². The van der Waals surface area contributed by atoms with Crippen LogP contribution in [0.2, 0.25) is 0 Å². The summed E-state index contributed by atoms with van der Waals surface area (Å²) in [5, 5.41) is 17.5. The monoisotopic (exact) mass is 555 g/mol. The Morgan fingerprint density at radius 2 is 2.08 bits per heavy atom. The number of carbonyl (C=O) groups is 1. The zero-order chi connectivity index (χ0) is 30.1. The lowest BCUT2D eigenvalue weighted by atomic mass is 9.80. The van der Waals surface area contributed by atoms with Crippen molar-refractivity contribution in [3.8, 4) is 11.9 Å². The second-order valence-electron chi connectivity index (χ2n) is 10.3. The van der Waals surface area contributed by atoms with E-state index in [1.807, 2.05) is 27.1 Å². The number of rotatable bonds is 9. The molecule has 0 saturated carbocycles. The zero-order valence-electron chi connectivity index (χ0n) is 25.9. The van der Waals surface area contributed by atoms with Crippen molar-refractivity contribution in [1.82, 2.24) is 24.7 Å². The van der Waals surface area contributed by atoms with Gasteiger partial charge in [0.15, 0.2) is 0 Å². The standard InChI is InChI=1S/C21H29N7O.C5H10O.C2H4O.C2H6/c1-6-8-9-21(3,4)17(7-2)29-19-16(13-28(5)27-19)25-20-23-12-14-10-15(11-22)24-18(14)26-20;1-5-2-3-6-4-5;1-2-3;1-2/h10,12-13,17H,6-9H2,1-5H3,(H2,23,24,25,26);5H,2-4H2,1H3;2H,1H3;1-2H3. The fourth-order valence-corrected chi connectivity index (χ4v) is 4.17. The molecule has 0 radical (unpaired) electrons. The van der Waals surface area contributed by atoms with Gasteiger partial charge in [-0.05, 0) is 38.2 Å². The average Bonchev–Trinajstić information content (AvgIpc) is 3.67. The lowest BCUT2D eigenvalue weighted by molar-refractivity contribution is -0.106. The van der Waals surface area contributed by atoms with Crippen molar-refractivity contribution < 1.29 is 14.3 Å². The number of anilines is 2. The van der Waals surface area contributed by atoms with Gasteiger partial charge in [-0.1, -0.05) is 61.3 Å². The van der Waals surface area contributed by atoms with Crippen LogP contribution in [-0.2, 0) is 16.6 Å². The third kappa shape index (κ3) is 11.0. The molecule has 2 N–H and O–H groups in total. The molecule has 3 aromatic heterocycles. The van der Waals surface area contributed by atoms with Crippen LogP contribution in [0.4, 0.5) is 11.6 Å². The minimum absolute atomic E-state index is 0.0485. The second kappa shape index (κ2) is 18.0. The molecule has 0 amide bonds. The number of aryl methyl sites for hydroxylation is 1. The summed E-state index contributed by atoms with van der Waals surface area (Å²) in [5.74, 6) is 1.78. The molecule has 40 heavy (non-hydrogen) atoms. The molecular weight excluding hydrogens is 506 g/mol. The Balaban J connectivity index is 0.000000615. The summed E-state index contributed by atoms with van der Waals surface area (Å²) in [5.41, 5.74) is 1.82. The Morgan fingerprint density at radius 1 is 1.38 bits per heavy atom. The number of nitrogens with zero attached hydrogens (tertiary/aromatic N) is 5. The van der Waals surface area contributed by atoms with E-state index in [1.165, 1.54) is 26.2 Å². The minimum Gasteiger partial charge on any atom is -0.471 e. The molecule has 2 unspecified atom stereocenters. The molecule has 0 aromatic carbocycles. The van der Waals surface area contributed by atoms with Gasteiger partial charge in [0.1, 0.15) is 35.5 Å². The summed E-state index contributed by atoms with van der Waals surface area (Å²) in [7, 11) is 1.86. The highest BCUT2D eigenvalue weighted by atomic mass is 16.5. The van der Waals surface area contributed by atoms with Crippen molar-refractivity contribution >= 4 is 29.0 Å². The number of nitrogens with one attached hydrogen (secondary N) is 2. The summed E-state index contributed by atoms with van der Waals surface area (Å²) in [4.78, 5) is 20.6. The first-order valence-electron chi connectivity index (χ1n) is 14.4. The molecule has 1 fully saturated rings. The SMILES string of the molecule is CC.CC1CCOC1.CC=O.CCCCC(C)(C)C(CC)Oc1nn(C)cc1Nc1ncc2cc(C#N)[nH]c2n1. The number of aldehydes is 1. The van der Waals surface area contributed by atoms with Gasteiger partial charge in [0.2, 0.25) is 5.95 Å². The molecule has 0 aliphatic carbocycles. The van der Waals surface area contributed by atoms with E-state index in [0.29, 0.717) is 28.9 Å². The van der Waals surface area contributed by atoms with Crippen molar-refractivity contribution in [2.75, 3.05) is 18.5 Å². The maximum Gasteiger partial charge on any atom is 0.257 e. The highest BCUT2D eigenvalue weighted by Crippen LogP contribution is 2.35. The summed E-state index contributed by atoms with van der Waals surface area (Å²) < 4.78 is 13.1. The number of ether oxygens (including phenoxy) is 2. The van der Waals surface area contributed by atoms with Crippen LogP contribution in [0, 0.1) is 22.7 Å². The van der Waals surface area contributed by atoms with Crippen molar-refractivity contribution in [1.29, 1.82) is 5.26 Å². The highest BCUT2D eigenvalue weighted by Gasteiger charge is 2.31. The van der Waals surface area contributed by atoms with E-state index < -0.39 is 0 Å². The fourth-order valence-electron chi connectivity index (χ4n) is 4.17. The van der Waals surface area contributed by atoms with Gasteiger partial charge < -0.3 is 24.6 Å². The summed E-state index contributed by atoms with van der Waals surface area (Å²) in [6.07, 6.45) is 9.94. The van der Waals surface area contributed by atoms with Gasteiger partial charge in [0.25, 0.3) is 5.88 Å². The van der Waals surface area contributed by atoms with Crippen LogP contribution in [0.5, 0.6) is 5.88 Å². The molecule has 0 spiro atoms. The van der Waals surface area contributed by atoms with Crippen LogP contribution < -0.4 is 10.1 Å².